The second-order valence-electron chi connectivity index (χ2n) is 7.98. The summed E-state index contributed by atoms with van der Waals surface area (Å²) in [6.07, 6.45) is 1.10. The van der Waals surface area contributed by atoms with Gasteiger partial charge in [0.2, 0.25) is 10.0 Å². The highest BCUT2D eigenvalue weighted by Crippen LogP contribution is 2.26. The molecule has 1 saturated heterocycles. The minimum absolute atomic E-state index is 0.0349. The van der Waals surface area contributed by atoms with Crippen LogP contribution < -0.4 is 13.9 Å². The fourth-order valence-electron chi connectivity index (χ4n) is 3.69. The number of anilines is 2. The minimum atomic E-state index is -3.33. The van der Waals surface area contributed by atoms with Crippen molar-refractivity contribution in [1.29, 1.82) is 0 Å². The molecule has 0 saturated carbocycles. The Bertz CT molecular complexity index is 1050. The van der Waals surface area contributed by atoms with Crippen LogP contribution in [0.3, 0.4) is 0 Å². The van der Waals surface area contributed by atoms with Crippen LogP contribution in [0.15, 0.2) is 42.5 Å². The Balaban J connectivity index is 1.61. The number of hydrogen-bond donors (Lipinski definition) is 0. The van der Waals surface area contributed by atoms with Crippen LogP contribution in [-0.4, -0.2) is 64.8 Å². The molecule has 1 aliphatic heterocycles. The lowest BCUT2D eigenvalue weighted by atomic mass is 10.1. The molecular weight excluding hydrogens is 450 g/mol. The van der Waals surface area contributed by atoms with Gasteiger partial charge in [0.25, 0.3) is 5.91 Å². The molecule has 32 heavy (non-hydrogen) atoms. The number of amides is 1. The van der Waals surface area contributed by atoms with Gasteiger partial charge in [0.05, 0.1) is 11.9 Å². The third-order valence-electron chi connectivity index (χ3n) is 5.73. The summed E-state index contributed by atoms with van der Waals surface area (Å²) in [5, 5.41) is 0.706. The predicted octanol–water partition coefficient (Wildman–Crippen LogP) is 3.55. The van der Waals surface area contributed by atoms with Crippen LogP contribution in [0.5, 0.6) is 5.75 Å². The average Bonchev–Trinajstić information content (AvgIpc) is 2.78. The van der Waals surface area contributed by atoms with Crippen LogP contribution in [0.25, 0.3) is 0 Å². The number of hydrogen-bond acceptors (Lipinski definition) is 5. The zero-order valence-electron chi connectivity index (χ0n) is 18.9. The largest absolute Gasteiger partial charge is 0.481 e. The molecule has 0 N–H and O–H groups in total. The number of carbonyl (C=O) groups excluding carboxylic acids is 1. The van der Waals surface area contributed by atoms with Crippen LogP contribution in [0.1, 0.15) is 18.9 Å². The highest BCUT2D eigenvalue weighted by Gasteiger charge is 2.28. The summed E-state index contributed by atoms with van der Waals surface area (Å²) >= 11 is 6.16. The third-order valence-corrected chi connectivity index (χ3v) is 7.17. The maximum absolute atomic E-state index is 13.1. The Morgan fingerprint density at radius 3 is 2.31 bits per heavy atom. The van der Waals surface area contributed by atoms with E-state index in [9.17, 15) is 13.2 Å². The van der Waals surface area contributed by atoms with Crippen molar-refractivity contribution >= 4 is 38.9 Å². The minimum Gasteiger partial charge on any atom is -0.481 e. The Labute approximate surface area is 195 Å². The molecule has 0 aromatic heterocycles. The molecule has 0 unspecified atom stereocenters. The summed E-state index contributed by atoms with van der Waals surface area (Å²) in [7, 11) is -1.84. The van der Waals surface area contributed by atoms with Gasteiger partial charge in [-0.2, -0.15) is 0 Å². The van der Waals surface area contributed by atoms with Gasteiger partial charge in [-0.1, -0.05) is 24.6 Å². The Hall–Kier alpha value is -2.45. The van der Waals surface area contributed by atoms with E-state index in [1.54, 1.807) is 24.3 Å². The lowest BCUT2D eigenvalue weighted by molar-refractivity contribution is -0.139. The number of aryl methyl sites for hydroxylation is 1. The quantitative estimate of drug-likeness (QED) is 0.607. The van der Waals surface area contributed by atoms with E-state index >= 15 is 0 Å². The molecular formula is C23H30ClN3O4S. The van der Waals surface area contributed by atoms with Crippen molar-refractivity contribution in [3.05, 3.63) is 53.1 Å². The first-order valence-corrected chi connectivity index (χ1v) is 12.8. The van der Waals surface area contributed by atoms with Crippen LogP contribution in [0, 0.1) is 6.92 Å². The van der Waals surface area contributed by atoms with Gasteiger partial charge in [-0.15, -0.1) is 0 Å². The summed E-state index contributed by atoms with van der Waals surface area (Å²) < 4.78 is 30.5. The fraction of sp³-hybridized carbons (Fsp3) is 0.435. The topological polar surface area (TPSA) is 70.2 Å². The molecule has 1 aliphatic rings. The molecule has 0 aliphatic carbocycles. The third kappa shape index (κ3) is 5.66. The highest BCUT2D eigenvalue weighted by molar-refractivity contribution is 7.92. The van der Waals surface area contributed by atoms with E-state index in [2.05, 4.69) is 11.8 Å². The van der Waals surface area contributed by atoms with Crippen LogP contribution >= 0.6 is 11.6 Å². The molecule has 1 amide bonds. The Kier molecular flexibility index (Phi) is 7.56. The second-order valence-corrected chi connectivity index (χ2v) is 10.4. The molecule has 7 nitrogen and oxygen atoms in total. The first kappa shape index (κ1) is 24.2. The smallest absolute Gasteiger partial charge is 0.263 e. The number of carbonyl (C=O) groups is 1. The molecule has 1 heterocycles. The summed E-state index contributed by atoms with van der Waals surface area (Å²) in [5.41, 5.74) is 2.80. The molecule has 1 atom stereocenters. The number of halogens is 1. The first-order chi connectivity index (χ1) is 15.1. The highest BCUT2D eigenvalue weighted by atomic mass is 35.5. The maximum Gasteiger partial charge on any atom is 0.263 e. The van der Waals surface area contributed by atoms with Crippen molar-refractivity contribution < 1.29 is 17.9 Å². The fourth-order valence-corrected chi connectivity index (χ4v) is 4.36. The monoisotopic (exact) mass is 479 g/mol. The predicted molar refractivity (Wildman–Crippen MR) is 129 cm³/mol. The summed E-state index contributed by atoms with van der Waals surface area (Å²) in [4.78, 5) is 17.2. The molecule has 0 bridgehead atoms. The molecule has 0 radical (unpaired) electrons. The van der Waals surface area contributed by atoms with Crippen molar-refractivity contribution in [2.75, 3.05) is 48.7 Å². The molecule has 9 heteroatoms. The van der Waals surface area contributed by atoms with E-state index in [0.717, 1.165) is 30.6 Å². The normalized spacial score (nSPS) is 15.4. The van der Waals surface area contributed by atoms with Crippen molar-refractivity contribution in [2.45, 2.75) is 26.4 Å². The van der Waals surface area contributed by atoms with E-state index < -0.39 is 16.1 Å². The zero-order valence-corrected chi connectivity index (χ0v) is 20.5. The summed E-state index contributed by atoms with van der Waals surface area (Å²) in [6, 6.07) is 12.6. The van der Waals surface area contributed by atoms with E-state index in [4.69, 9.17) is 16.3 Å². The van der Waals surface area contributed by atoms with Crippen LogP contribution in [0.2, 0.25) is 5.02 Å². The van der Waals surface area contributed by atoms with Crippen molar-refractivity contribution in [2.24, 2.45) is 0 Å². The number of ether oxygens (including phenoxy) is 1. The maximum atomic E-state index is 13.1. The lowest BCUT2D eigenvalue weighted by Gasteiger charge is -2.38. The summed E-state index contributed by atoms with van der Waals surface area (Å²) in [6.45, 7) is 6.67. The van der Waals surface area contributed by atoms with Gasteiger partial charge in [0.15, 0.2) is 6.10 Å². The molecule has 1 fully saturated rings. The zero-order chi connectivity index (χ0) is 23.5. The van der Waals surface area contributed by atoms with Gasteiger partial charge in [-0.05, 0) is 55.3 Å². The number of nitrogens with zero attached hydrogens (tertiary/aromatic N) is 3. The van der Waals surface area contributed by atoms with Gasteiger partial charge >= 0.3 is 0 Å². The van der Waals surface area contributed by atoms with Gasteiger partial charge in [-0.25, -0.2) is 8.42 Å². The van der Waals surface area contributed by atoms with E-state index in [1.807, 2.05) is 30.0 Å². The molecule has 3 rings (SSSR count). The van der Waals surface area contributed by atoms with Crippen molar-refractivity contribution in [3.63, 3.8) is 0 Å². The standard InChI is InChI=1S/C23H30ClN3O4S/c1-5-22(31-20-10-8-19(9-11-20)25(3)32(4,29)30)23(28)27-14-12-26(13-15-27)21-16-18(24)7-6-17(21)2/h6-11,16,22H,5,12-15H2,1-4H3/t22-/m0/s1. The SMILES string of the molecule is CC[C@H](Oc1ccc(N(C)S(C)(=O)=O)cc1)C(=O)N1CCN(c2cc(Cl)ccc2C)CC1. The van der Waals surface area contributed by atoms with Gasteiger partial charge < -0.3 is 14.5 Å². The second kappa shape index (κ2) is 10.0. The van der Waals surface area contributed by atoms with Crippen molar-refractivity contribution in [1.82, 2.24) is 4.90 Å². The first-order valence-electron chi connectivity index (χ1n) is 10.6. The summed E-state index contributed by atoms with van der Waals surface area (Å²) in [5.74, 6) is 0.497. The van der Waals surface area contributed by atoms with E-state index in [0.29, 0.717) is 36.0 Å². The molecule has 2 aromatic carbocycles. The van der Waals surface area contributed by atoms with Gasteiger partial charge in [0, 0.05) is 43.9 Å². The molecule has 174 valence electrons. The number of benzene rings is 2. The molecule has 2 aromatic rings. The van der Waals surface area contributed by atoms with Crippen molar-refractivity contribution in [3.8, 4) is 5.75 Å². The average molecular weight is 480 g/mol. The molecule has 0 spiro atoms. The van der Waals surface area contributed by atoms with Crippen LogP contribution in [0.4, 0.5) is 11.4 Å². The van der Waals surface area contributed by atoms with E-state index in [-0.39, 0.29) is 5.91 Å². The van der Waals surface area contributed by atoms with E-state index in [1.165, 1.54) is 11.4 Å². The Morgan fingerprint density at radius 1 is 1.12 bits per heavy atom. The number of rotatable bonds is 7. The van der Waals surface area contributed by atoms with Gasteiger partial charge in [0.1, 0.15) is 5.75 Å². The van der Waals surface area contributed by atoms with Crippen LogP contribution in [-0.2, 0) is 14.8 Å². The Morgan fingerprint density at radius 2 is 1.75 bits per heavy atom. The number of piperazine rings is 1. The number of sulfonamides is 1. The lowest BCUT2D eigenvalue weighted by Crippen LogP contribution is -2.52. The van der Waals surface area contributed by atoms with Gasteiger partial charge in [-0.3, -0.25) is 9.10 Å².